The number of hydrogen-bond donors (Lipinski definition) is 3. The lowest BCUT2D eigenvalue weighted by molar-refractivity contribution is 0.283. The number of aliphatic hydroxyl groups excluding tert-OH is 1. The highest BCUT2D eigenvalue weighted by molar-refractivity contribution is 7.80. The van der Waals surface area contributed by atoms with Crippen molar-refractivity contribution in [1.82, 2.24) is 5.32 Å². The summed E-state index contributed by atoms with van der Waals surface area (Å²) in [6.07, 6.45) is 3.22. The predicted molar refractivity (Wildman–Crippen MR) is 47.7 cm³/mol. The lowest BCUT2D eigenvalue weighted by atomic mass is 10.2. The fourth-order valence-corrected chi connectivity index (χ4v) is 0.901. The van der Waals surface area contributed by atoms with Gasteiger partial charge in [-0.1, -0.05) is 0 Å². The Morgan fingerprint density at radius 3 is 2.50 bits per heavy atom. The van der Waals surface area contributed by atoms with Crippen LogP contribution >= 0.6 is 12.6 Å². The molecule has 0 radical (unpaired) electrons. The Morgan fingerprint density at radius 1 is 1.10 bits per heavy atom. The van der Waals surface area contributed by atoms with Gasteiger partial charge < -0.3 is 10.4 Å². The van der Waals surface area contributed by atoms with Crippen molar-refractivity contribution in [3.63, 3.8) is 0 Å². The van der Waals surface area contributed by atoms with Crippen molar-refractivity contribution < 1.29 is 5.11 Å². The Hall–Kier alpha value is 0.270. The van der Waals surface area contributed by atoms with Gasteiger partial charge in [-0.2, -0.15) is 12.6 Å². The SMILES string of the molecule is OCCCCCNCCS. The van der Waals surface area contributed by atoms with E-state index in [1.54, 1.807) is 0 Å². The van der Waals surface area contributed by atoms with Gasteiger partial charge in [0.15, 0.2) is 0 Å². The van der Waals surface area contributed by atoms with Gasteiger partial charge in [-0.15, -0.1) is 0 Å². The van der Waals surface area contributed by atoms with Gasteiger partial charge in [-0.05, 0) is 25.8 Å². The molecule has 0 aromatic heterocycles. The van der Waals surface area contributed by atoms with E-state index in [4.69, 9.17) is 5.11 Å². The molecule has 0 aliphatic carbocycles. The highest BCUT2D eigenvalue weighted by atomic mass is 32.1. The normalized spacial score (nSPS) is 10.2. The van der Waals surface area contributed by atoms with Crippen LogP contribution < -0.4 is 5.32 Å². The molecule has 0 aliphatic heterocycles. The van der Waals surface area contributed by atoms with Crippen LogP contribution in [0.3, 0.4) is 0 Å². The van der Waals surface area contributed by atoms with E-state index in [0.717, 1.165) is 38.1 Å². The maximum absolute atomic E-state index is 8.44. The minimum atomic E-state index is 0.326. The summed E-state index contributed by atoms with van der Waals surface area (Å²) in [6, 6.07) is 0. The van der Waals surface area contributed by atoms with Gasteiger partial charge in [-0.25, -0.2) is 0 Å². The quantitative estimate of drug-likeness (QED) is 0.381. The van der Waals surface area contributed by atoms with Crippen molar-refractivity contribution in [2.45, 2.75) is 19.3 Å². The van der Waals surface area contributed by atoms with Crippen LogP contribution in [0, 0.1) is 0 Å². The molecule has 0 bridgehead atoms. The van der Waals surface area contributed by atoms with Gasteiger partial charge in [0.25, 0.3) is 0 Å². The number of rotatable bonds is 7. The largest absolute Gasteiger partial charge is 0.396 e. The summed E-state index contributed by atoms with van der Waals surface area (Å²) < 4.78 is 0. The van der Waals surface area contributed by atoms with Crippen molar-refractivity contribution >= 4 is 12.6 Å². The third kappa shape index (κ3) is 8.27. The van der Waals surface area contributed by atoms with Crippen molar-refractivity contribution in [2.24, 2.45) is 0 Å². The van der Waals surface area contributed by atoms with Crippen LogP contribution in [-0.2, 0) is 0 Å². The van der Waals surface area contributed by atoms with E-state index < -0.39 is 0 Å². The first kappa shape index (κ1) is 10.3. The monoisotopic (exact) mass is 163 g/mol. The number of hydrogen-bond acceptors (Lipinski definition) is 3. The average molecular weight is 163 g/mol. The molecule has 10 heavy (non-hydrogen) atoms. The van der Waals surface area contributed by atoms with E-state index in [2.05, 4.69) is 17.9 Å². The molecule has 0 aromatic rings. The number of aliphatic hydroxyl groups is 1. The summed E-state index contributed by atoms with van der Waals surface area (Å²) >= 11 is 4.06. The van der Waals surface area contributed by atoms with Gasteiger partial charge in [-0.3, -0.25) is 0 Å². The van der Waals surface area contributed by atoms with Gasteiger partial charge in [0, 0.05) is 18.9 Å². The Balaban J connectivity index is 2.65. The minimum absolute atomic E-state index is 0.326. The summed E-state index contributed by atoms with van der Waals surface area (Å²) in [4.78, 5) is 0. The first-order chi connectivity index (χ1) is 4.91. The van der Waals surface area contributed by atoms with E-state index >= 15 is 0 Å². The van der Waals surface area contributed by atoms with Crippen molar-refractivity contribution in [3.05, 3.63) is 0 Å². The second-order valence-corrected chi connectivity index (χ2v) is 2.71. The molecule has 0 spiro atoms. The predicted octanol–water partition coefficient (Wildman–Crippen LogP) is 0.668. The molecule has 0 saturated heterocycles. The second-order valence-electron chi connectivity index (χ2n) is 2.26. The van der Waals surface area contributed by atoms with Crippen molar-refractivity contribution in [3.8, 4) is 0 Å². The smallest absolute Gasteiger partial charge is 0.0431 e. The molecule has 0 aliphatic rings. The third-order valence-corrected chi connectivity index (χ3v) is 1.52. The first-order valence-electron chi connectivity index (χ1n) is 3.84. The zero-order valence-electron chi connectivity index (χ0n) is 6.34. The highest BCUT2D eigenvalue weighted by Crippen LogP contribution is 1.91. The highest BCUT2D eigenvalue weighted by Gasteiger charge is 1.86. The lowest BCUT2D eigenvalue weighted by Gasteiger charge is -2.00. The van der Waals surface area contributed by atoms with Crippen LogP contribution in [0.2, 0.25) is 0 Å². The summed E-state index contributed by atoms with van der Waals surface area (Å²) in [7, 11) is 0. The molecule has 0 unspecified atom stereocenters. The van der Waals surface area contributed by atoms with Crippen LogP contribution in [0.4, 0.5) is 0 Å². The maximum Gasteiger partial charge on any atom is 0.0431 e. The molecule has 2 nitrogen and oxygen atoms in total. The standard InChI is InChI=1S/C7H17NOS/c9-6-3-1-2-4-8-5-7-10/h8-10H,1-7H2. The van der Waals surface area contributed by atoms with Crippen LogP contribution in [0.15, 0.2) is 0 Å². The van der Waals surface area contributed by atoms with Gasteiger partial charge in [0.2, 0.25) is 0 Å². The zero-order valence-corrected chi connectivity index (χ0v) is 7.24. The summed E-state index contributed by atoms with van der Waals surface area (Å²) in [5.74, 6) is 0.903. The Morgan fingerprint density at radius 2 is 1.90 bits per heavy atom. The van der Waals surface area contributed by atoms with Gasteiger partial charge >= 0.3 is 0 Å². The number of nitrogens with one attached hydrogen (secondary N) is 1. The lowest BCUT2D eigenvalue weighted by Crippen LogP contribution is -2.17. The summed E-state index contributed by atoms with van der Waals surface area (Å²) in [6.45, 7) is 2.37. The van der Waals surface area contributed by atoms with Crippen LogP contribution in [-0.4, -0.2) is 30.6 Å². The molecule has 2 N–H and O–H groups in total. The fraction of sp³-hybridized carbons (Fsp3) is 1.00. The van der Waals surface area contributed by atoms with Crippen molar-refractivity contribution in [2.75, 3.05) is 25.4 Å². The Labute approximate surface area is 68.4 Å². The zero-order chi connectivity index (χ0) is 7.66. The molecule has 0 fully saturated rings. The van der Waals surface area contributed by atoms with E-state index in [9.17, 15) is 0 Å². The molecule has 62 valence electrons. The van der Waals surface area contributed by atoms with Crippen LogP contribution in [0.5, 0.6) is 0 Å². The Kier molecular flexibility index (Phi) is 9.52. The van der Waals surface area contributed by atoms with Crippen molar-refractivity contribution in [1.29, 1.82) is 0 Å². The minimum Gasteiger partial charge on any atom is -0.396 e. The Bertz CT molecular complexity index is 53.6. The number of unbranched alkanes of at least 4 members (excludes halogenated alkanes) is 2. The van der Waals surface area contributed by atoms with E-state index in [0.29, 0.717) is 6.61 Å². The molecule has 0 heterocycles. The third-order valence-electron chi connectivity index (χ3n) is 1.30. The van der Waals surface area contributed by atoms with Gasteiger partial charge in [0.05, 0.1) is 0 Å². The molecule has 0 aromatic carbocycles. The molecule has 0 saturated carbocycles. The molecule has 0 atom stereocenters. The summed E-state index contributed by atoms with van der Waals surface area (Å²) in [5, 5.41) is 11.7. The molecular weight excluding hydrogens is 146 g/mol. The summed E-state index contributed by atoms with van der Waals surface area (Å²) in [5.41, 5.74) is 0. The van der Waals surface area contributed by atoms with E-state index in [1.807, 2.05) is 0 Å². The first-order valence-corrected chi connectivity index (χ1v) is 4.47. The van der Waals surface area contributed by atoms with E-state index in [1.165, 1.54) is 0 Å². The maximum atomic E-state index is 8.44. The van der Waals surface area contributed by atoms with Gasteiger partial charge in [0.1, 0.15) is 0 Å². The van der Waals surface area contributed by atoms with Crippen LogP contribution in [0.1, 0.15) is 19.3 Å². The topological polar surface area (TPSA) is 32.3 Å². The van der Waals surface area contributed by atoms with E-state index in [-0.39, 0.29) is 0 Å². The molecule has 3 heteroatoms. The average Bonchev–Trinajstić information content (AvgIpc) is 1.97. The molecule has 0 rings (SSSR count). The molecule has 0 amide bonds. The second kappa shape index (κ2) is 9.27. The fourth-order valence-electron chi connectivity index (χ4n) is 0.743. The van der Waals surface area contributed by atoms with Crippen LogP contribution in [0.25, 0.3) is 0 Å². The number of thiol groups is 1. The molecular formula is C7H17NOS.